The Kier molecular flexibility index (Phi) is 3.42. The topological polar surface area (TPSA) is 39.2 Å². The van der Waals surface area contributed by atoms with Gasteiger partial charge in [-0.05, 0) is 44.0 Å². The van der Waals surface area contributed by atoms with E-state index in [-0.39, 0.29) is 0 Å². The molecule has 0 unspecified atom stereocenters. The number of benzene rings is 1. The van der Waals surface area contributed by atoms with Crippen molar-refractivity contribution >= 4 is 6.29 Å². The largest absolute Gasteiger partial charge is 0.438 e. The summed E-state index contributed by atoms with van der Waals surface area (Å²) in [6.07, 6.45) is 2.29. The molecule has 0 aliphatic heterocycles. The van der Waals surface area contributed by atoms with E-state index in [9.17, 15) is 4.79 Å². The van der Waals surface area contributed by atoms with Crippen molar-refractivity contribution in [1.29, 1.82) is 0 Å². The molecule has 1 aromatic carbocycles. The van der Waals surface area contributed by atoms with E-state index in [4.69, 9.17) is 4.74 Å². The van der Waals surface area contributed by atoms with Gasteiger partial charge < -0.3 is 4.74 Å². The predicted molar refractivity (Wildman–Crippen MR) is 70.4 cm³/mol. The van der Waals surface area contributed by atoms with E-state index in [0.29, 0.717) is 11.4 Å². The summed E-state index contributed by atoms with van der Waals surface area (Å²) in [5.74, 6) is 1.33. The smallest absolute Gasteiger partial charge is 0.222 e. The minimum absolute atomic E-state index is 0.536. The van der Waals surface area contributed by atoms with E-state index in [1.807, 2.05) is 39.0 Å². The molecule has 0 saturated carbocycles. The number of nitrogens with zero attached hydrogens (tertiary/aromatic N) is 1. The average Bonchev–Trinajstić information content (AvgIpc) is 2.37. The van der Waals surface area contributed by atoms with Crippen molar-refractivity contribution in [3.05, 3.63) is 52.7 Å². The minimum atomic E-state index is 0.536. The Morgan fingerprint density at radius 3 is 2.61 bits per heavy atom. The van der Waals surface area contributed by atoms with E-state index in [1.165, 1.54) is 11.8 Å². The molecule has 0 amide bonds. The minimum Gasteiger partial charge on any atom is -0.438 e. The van der Waals surface area contributed by atoms with Crippen molar-refractivity contribution in [1.82, 2.24) is 4.98 Å². The van der Waals surface area contributed by atoms with Crippen LogP contribution in [0, 0.1) is 20.8 Å². The molecule has 1 heterocycles. The molecule has 0 aliphatic rings. The van der Waals surface area contributed by atoms with Crippen molar-refractivity contribution < 1.29 is 9.53 Å². The van der Waals surface area contributed by atoms with Gasteiger partial charge in [-0.15, -0.1) is 0 Å². The van der Waals surface area contributed by atoms with Crippen LogP contribution in [0.2, 0.25) is 0 Å². The summed E-state index contributed by atoms with van der Waals surface area (Å²) < 4.78 is 5.79. The van der Waals surface area contributed by atoms with E-state index in [2.05, 4.69) is 4.98 Å². The van der Waals surface area contributed by atoms with Crippen LogP contribution in [0.15, 0.2) is 30.5 Å². The summed E-state index contributed by atoms with van der Waals surface area (Å²) in [4.78, 5) is 14.8. The van der Waals surface area contributed by atoms with Crippen molar-refractivity contribution in [2.45, 2.75) is 20.8 Å². The molecule has 0 bridgehead atoms. The molecule has 0 spiro atoms. The molecule has 18 heavy (non-hydrogen) atoms. The van der Waals surface area contributed by atoms with E-state index in [1.54, 1.807) is 6.07 Å². The lowest BCUT2D eigenvalue weighted by Crippen LogP contribution is -1.95. The number of hydrogen-bond acceptors (Lipinski definition) is 3. The van der Waals surface area contributed by atoms with Crippen molar-refractivity contribution in [3.63, 3.8) is 0 Å². The van der Waals surface area contributed by atoms with Crippen LogP contribution < -0.4 is 4.74 Å². The second kappa shape index (κ2) is 5.00. The molecule has 0 aliphatic carbocycles. The van der Waals surface area contributed by atoms with E-state index in [0.717, 1.165) is 23.2 Å². The van der Waals surface area contributed by atoms with Gasteiger partial charge in [0.05, 0.1) is 0 Å². The van der Waals surface area contributed by atoms with Crippen LogP contribution in [-0.2, 0) is 0 Å². The fourth-order valence-electron chi connectivity index (χ4n) is 1.69. The summed E-state index contributed by atoms with van der Waals surface area (Å²) in [5, 5.41) is 0. The predicted octanol–water partition coefficient (Wildman–Crippen LogP) is 3.61. The van der Waals surface area contributed by atoms with Gasteiger partial charge in [-0.3, -0.25) is 4.79 Å². The SMILES string of the molecule is Cc1cc(C=O)cnc1Oc1cccc(C)c1C. The second-order valence-corrected chi connectivity index (χ2v) is 4.31. The Labute approximate surface area is 106 Å². The highest BCUT2D eigenvalue weighted by Gasteiger charge is 2.07. The lowest BCUT2D eigenvalue weighted by molar-refractivity contribution is 0.112. The zero-order valence-electron chi connectivity index (χ0n) is 10.7. The van der Waals surface area contributed by atoms with Crippen LogP contribution in [0.5, 0.6) is 11.6 Å². The Morgan fingerprint density at radius 2 is 1.94 bits per heavy atom. The number of hydrogen-bond donors (Lipinski definition) is 0. The van der Waals surface area contributed by atoms with Crippen LogP contribution in [0.1, 0.15) is 27.0 Å². The van der Waals surface area contributed by atoms with Gasteiger partial charge >= 0.3 is 0 Å². The standard InChI is InChI=1S/C15H15NO2/c1-10-5-4-6-14(12(10)3)18-15-11(2)7-13(9-17)8-16-15/h4-9H,1-3H3. The molecule has 92 valence electrons. The Bertz CT molecular complexity index is 591. The van der Waals surface area contributed by atoms with Gasteiger partial charge in [-0.2, -0.15) is 0 Å². The van der Waals surface area contributed by atoms with Crippen molar-refractivity contribution in [3.8, 4) is 11.6 Å². The number of aromatic nitrogens is 1. The molecule has 0 saturated heterocycles. The Morgan fingerprint density at radius 1 is 1.17 bits per heavy atom. The number of carbonyl (C=O) groups excluding carboxylic acids is 1. The molecule has 3 heteroatoms. The highest BCUT2D eigenvalue weighted by molar-refractivity contribution is 5.74. The van der Waals surface area contributed by atoms with Crippen molar-refractivity contribution in [2.75, 3.05) is 0 Å². The Balaban J connectivity index is 2.34. The lowest BCUT2D eigenvalue weighted by Gasteiger charge is -2.11. The third-order valence-electron chi connectivity index (χ3n) is 2.95. The van der Waals surface area contributed by atoms with Gasteiger partial charge in [0.2, 0.25) is 5.88 Å². The number of rotatable bonds is 3. The molecule has 3 nitrogen and oxygen atoms in total. The van der Waals surface area contributed by atoms with Gasteiger partial charge in [0.1, 0.15) is 5.75 Å². The van der Waals surface area contributed by atoms with Gasteiger partial charge in [0.15, 0.2) is 6.29 Å². The summed E-state index contributed by atoms with van der Waals surface area (Å²) >= 11 is 0. The van der Waals surface area contributed by atoms with Crippen LogP contribution in [0.25, 0.3) is 0 Å². The molecule has 2 aromatic rings. The Hall–Kier alpha value is -2.16. The molecular formula is C15H15NO2. The maximum absolute atomic E-state index is 10.6. The number of pyridine rings is 1. The molecule has 0 atom stereocenters. The summed E-state index contributed by atoms with van der Waals surface area (Å²) in [5.41, 5.74) is 3.68. The highest BCUT2D eigenvalue weighted by atomic mass is 16.5. The van der Waals surface area contributed by atoms with Crippen LogP contribution in [0.4, 0.5) is 0 Å². The number of aldehydes is 1. The first-order valence-corrected chi connectivity index (χ1v) is 5.77. The maximum atomic E-state index is 10.6. The highest BCUT2D eigenvalue weighted by Crippen LogP contribution is 2.27. The monoisotopic (exact) mass is 241 g/mol. The first-order chi connectivity index (χ1) is 8.61. The normalized spacial score (nSPS) is 10.2. The zero-order valence-corrected chi connectivity index (χ0v) is 10.7. The fraction of sp³-hybridized carbons (Fsp3) is 0.200. The molecule has 1 aromatic heterocycles. The van der Waals surface area contributed by atoms with Crippen LogP contribution >= 0.6 is 0 Å². The van der Waals surface area contributed by atoms with Gasteiger partial charge in [0, 0.05) is 17.3 Å². The quantitative estimate of drug-likeness (QED) is 0.770. The molecule has 0 N–H and O–H groups in total. The van der Waals surface area contributed by atoms with Gasteiger partial charge in [-0.1, -0.05) is 12.1 Å². The molecule has 0 radical (unpaired) electrons. The third-order valence-corrected chi connectivity index (χ3v) is 2.95. The maximum Gasteiger partial charge on any atom is 0.222 e. The third kappa shape index (κ3) is 2.40. The van der Waals surface area contributed by atoms with Crippen LogP contribution in [0.3, 0.4) is 0 Å². The lowest BCUT2D eigenvalue weighted by atomic mass is 10.1. The van der Waals surface area contributed by atoms with Gasteiger partial charge in [-0.25, -0.2) is 4.98 Å². The first kappa shape index (κ1) is 12.3. The van der Waals surface area contributed by atoms with Crippen molar-refractivity contribution in [2.24, 2.45) is 0 Å². The second-order valence-electron chi connectivity index (χ2n) is 4.31. The zero-order chi connectivity index (χ0) is 13.1. The number of aryl methyl sites for hydroxylation is 2. The van der Waals surface area contributed by atoms with E-state index >= 15 is 0 Å². The number of ether oxygens (including phenoxy) is 1. The summed E-state index contributed by atoms with van der Waals surface area (Å²) in [7, 11) is 0. The summed E-state index contributed by atoms with van der Waals surface area (Å²) in [6.45, 7) is 5.93. The summed E-state index contributed by atoms with van der Waals surface area (Å²) in [6, 6.07) is 7.67. The first-order valence-electron chi connectivity index (χ1n) is 5.77. The van der Waals surface area contributed by atoms with Crippen LogP contribution in [-0.4, -0.2) is 11.3 Å². The number of carbonyl (C=O) groups is 1. The molecule has 0 fully saturated rings. The fourth-order valence-corrected chi connectivity index (χ4v) is 1.69. The van der Waals surface area contributed by atoms with Gasteiger partial charge in [0.25, 0.3) is 0 Å². The molecular weight excluding hydrogens is 226 g/mol. The molecule has 2 rings (SSSR count). The average molecular weight is 241 g/mol. The van der Waals surface area contributed by atoms with E-state index < -0.39 is 0 Å².